The molecule has 2 aromatic heterocycles. The first kappa shape index (κ1) is 15.2. The Labute approximate surface area is 136 Å². The van der Waals surface area contributed by atoms with E-state index in [9.17, 15) is 4.79 Å². The van der Waals surface area contributed by atoms with Crippen LogP contribution in [0.3, 0.4) is 0 Å². The van der Waals surface area contributed by atoms with Gasteiger partial charge in [-0.05, 0) is 36.4 Å². The lowest BCUT2D eigenvalue weighted by atomic mass is 10.3. The summed E-state index contributed by atoms with van der Waals surface area (Å²) >= 11 is 1.26. The van der Waals surface area contributed by atoms with E-state index >= 15 is 0 Å². The number of aryl methyl sites for hydroxylation is 1. The van der Waals surface area contributed by atoms with Gasteiger partial charge in [-0.2, -0.15) is 4.68 Å². The van der Waals surface area contributed by atoms with Crippen LogP contribution in [0.2, 0.25) is 0 Å². The lowest BCUT2D eigenvalue weighted by Crippen LogP contribution is -2.23. The summed E-state index contributed by atoms with van der Waals surface area (Å²) in [6.07, 6.45) is 0. The molecule has 1 aromatic carbocycles. The zero-order chi connectivity index (χ0) is 16.2. The number of amides is 1. The highest BCUT2D eigenvalue weighted by Crippen LogP contribution is 2.23. The Morgan fingerprint density at radius 2 is 2.13 bits per heavy atom. The van der Waals surface area contributed by atoms with Crippen molar-refractivity contribution >= 4 is 23.5 Å². The Morgan fingerprint density at radius 1 is 1.35 bits per heavy atom. The third-order valence-corrected chi connectivity index (χ3v) is 4.01. The van der Waals surface area contributed by atoms with Gasteiger partial charge in [0.25, 0.3) is 0 Å². The minimum absolute atomic E-state index is 0.203. The summed E-state index contributed by atoms with van der Waals surface area (Å²) in [7, 11) is 0. The fourth-order valence-corrected chi connectivity index (χ4v) is 2.66. The van der Waals surface area contributed by atoms with Crippen molar-refractivity contribution in [2.45, 2.75) is 24.3 Å². The summed E-state index contributed by atoms with van der Waals surface area (Å²) in [6.45, 7) is 3.53. The molecular formula is C14H14N6O2S. The third kappa shape index (κ3) is 3.57. The number of anilines is 1. The minimum atomic E-state index is -0.402. The monoisotopic (exact) mass is 330 g/mol. The van der Waals surface area contributed by atoms with Crippen molar-refractivity contribution in [1.29, 1.82) is 0 Å². The Morgan fingerprint density at radius 3 is 2.83 bits per heavy atom. The smallest absolute Gasteiger partial charge is 0.238 e. The van der Waals surface area contributed by atoms with E-state index in [0.29, 0.717) is 16.7 Å². The van der Waals surface area contributed by atoms with Gasteiger partial charge >= 0.3 is 0 Å². The van der Waals surface area contributed by atoms with E-state index in [1.54, 1.807) is 24.6 Å². The second kappa shape index (κ2) is 6.61. The summed E-state index contributed by atoms with van der Waals surface area (Å²) in [6, 6.07) is 11.1. The van der Waals surface area contributed by atoms with Gasteiger partial charge in [0.1, 0.15) is 5.76 Å². The van der Waals surface area contributed by atoms with Crippen LogP contribution in [-0.2, 0) is 4.79 Å². The predicted molar refractivity (Wildman–Crippen MR) is 84.3 cm³/mol. The average Bonchev–Trinajstić information content (AvgIpc) is 3.17. The van der Waals surface area contributed by atoms with E-state index < -0.39 is 5.25 Å². The zero-order valence-corrected chi connectivity index (χ0v) is 13.3. The molecule has 1 N–H and O–H groups in total. The maximum Gasteiger partial charge on any atom is 0.238 e. The SMILES string of the molecule is Cc1cc(NC(=O)[C@H](C)Sc2nnnn2-c2ccccc2)no1. The highest BCUT2D eigenvalue weighted by molar-refractivity contribution is 8.00. The van der Waals surface area contributed by atoms with Gasteiger partial charge in [-0.15, -0.1) is 5.10 Å². The van der Waals surface area contributed by atoms with Crippen molar-refractivity contribution in [2.24, 2.45) is 0 Å². The van der Waals surface area contributed by atoms with E-state index in [2.05, 4.69) is 26.0 Å². The highest BCUT2D eigenvalue weighted by atomic mass is 32.2. The fourth-order valence-electron chi connectivity index (χ4n) is 1.85. The van der Waals surface area contributed by atoms with Crippen molar-refractivity contribution < 1.29 is 9.32 Å². The van der Waals surface area contributed by atoms with Crippen LogP contribution in [0.5, 0.6) is 0 Å². The Balaban J connectivity index is 1.70. The van der Waals surface area contributed by atoms with Crippen LogP contribution in [-0.4, -0.2) is 36.5 Å². The van der Waals surface area contributed by atoms with Gasteiger partial charge in [-0.25, -0.2) is 0 Å². The molecule has 3 aromatic rings. The lowest BCUT2D eigenvalue weighted by Gasteiger charge is -2.10. The number of tetrazole rings is 1. The van der Waals surface area contributed by atoms with Crippen LogP contribution in [0.4, 0.5) is 5.82 Å². The second-order valence-corrected chi connectivity index (χ2v) is 6.09. The summed E-state index contributed by atoms with van der Waals surface area (Å²) in [5.74, 6) is 0.821. The van der Waals surface area contributed by atoms with Gasteiger partial charge in [0.05, 0.1) is 10.9 Å². The summed E-state index contributed by atoms with van der Waals surface area (Å²) in [5, 5.41) is 18.2. The number of carbonyl (C=O) groups excluding carboxylic acids is 1. The molecule has 8 nitrogen and oxygen atoms in total. The fraction of sp³-hybridized carbons (Fsp3) is 0.214. The number of nitrogens with zero attached hydrogens (tertiary/aromatic N) is 5. The number of aromatic nitrogens is 5. The van der Waals surface area contributed by atoms with Gasteiger partial charge < -0.3 is 9.84 Å². The van der Waals surface area contributed by atoms with Gasteiger partial charge in [0.2, 0.25) is 11.1 Å². The van der Waals surface area contributed by atoms with E-state index in [1.165, 1.54) is 11.8 Å². The van der Waals surface area contributed by atoms with Crippen LogP contribution in [0, 0.1) is 6.92 Å². The van der Waals surface area contributed by atoms with Gasteiger partial charge in [0, 0.05) is 6.07 Å². The summed E-state index contributed by atoms with van der Waals surface area (Å²) in [5.41, 5.74) is 0.833. The maximum atomic E-state index is 12.2. The first-order valence-electron chi connectivity index (χ1n) is 6.88. The number of thioether (sulfide) groups is 1. The number of carbonyl (C=O) groups is 1. The molecule has 0 aliphatic rings. The molecule has 23 heavy (non-hydrogen) atoms. The van der Waals surface area contributed by atoms with Crippen LogP contribution >= 0.6 is 11.8 Å². The van der Waals surface area contributed by atoms with Crippen LogP contribution < -0.4 is 5.32 Å². The molecule has 0 saturated heterocycles. The quantitative estimate of drug-likeness (QED) is 0.715. The maximum absolute atomic E-state index is 12.2. The minimum Gasteiger partial charge on any atom is -0.360 e. The number of rotatable bonds is 5. The van der Waals surface area contributed by atoms with Crippen molar-refractivity contribution in [3.63, 3.8) is 0 Å². The van der Waals surface area contributed by atoms with Crippen molar-refractivity contribution in [3.05, 3.63) is 42.2 Å². The number of para-hydroxylation sites is 1. The van der Waals surface area contributed by atoms with Gasteiger partial charge in [-0.1, -0.05) is 35.1 Å². The van der Waals surface area contributed by atoms with Crippen LogP contribution in [0.1, 0.15) is 12.7 Å². The topological polar surface area (TPSA) is 98.7 Å². The predicted octanol–water partition coefficient (Wildman–Crippen LogP) is 2.08. The molecule has 3 rings (SSSR count). The lowest BCUT2D eigenvalue weighted by molar-refractivity contribution is -0.115. The molecule has 0 unspecified atom stereocenters. The Hall–Kier alpha value is -2.68. The zero-order valence-electron chi connectivity index (χ0n) is 12.5. The van der Waals surface area contributed by atoms with Crippen molar-refractivity contribution in [2.75, 3.05) is 5.32 Å². The Kier molecular flexibility index (Phi) is 4.38. The van der Waals surface area contributed by atoms with E-state index in [1.807, 2.05) is 30.3 Å². The highest BCUT2D eigenvalue weighted by Gasteiger charge is 2.20. The normalized spacial score (nSPS) is 12.1. The van der Waals surface area contributed by atoms with Crippen molar-refractivity contribution in [3.8, 4) is 5.69 Å². The first-order chi connectivity index (χ1) is 11.1. The molecule has 9 heteroatoms. The third-order valence-electron chi connectivity index (χ3n) is 2.97. The molecule has 0 aliphatic carbocycles. The van der Waals surface area contributed by atoms with E-state index in [4.69, 9.17) is 4.52 Å². The number of hydrogen-bond acceptors (Lipinski definition) is 7. The molecule has 0 spiro atoms. The van der Waals surface area contributed by atoms with Crippen LogP contribution in [0.25, 0.3) is 5.69 Å². The number of benzene rings is 1. The molecule has 0 radical (unpaired) electrons. The molecule has 1 atom stereocenters. The van der Waals surface area contributed by atoms with Crippen molar-refractivity contribution in [1.82, 2.24) is 25.4 Å². The second-order valence-electron chi connectivity index (χ2n) is 4.78. The molecule has 0 aliphatic heterocycles. The van der Waals surface area contributed by atoms with E-state index in [0.717, 1.165) is 5.69 Å². The van der Waals surface area contributed by atoms with Gasteiger partial charge in [0.15, 0.2) is 5.82 Å². The molecule has 2 heterocycles. The first-order valence-corrected chi connectivity index (χ1v) is 7.76. The molecule has 118 valence electrons. The molecule has 0 saturated carbocycles. The molecular weight excluding hydrogens is 316 g/mol. The number of hydrogen-bond donors (Lipinski definition) is 1. The molecule has 1 amide bonds. The van der Waals surface area contributed by atoms with E-state index in [-0.39, 0.29) is 5.91 Å². The number of nitrogens with one attached hydrogen (secondary N) is 1. The largest absolute Gasteiger partial charge is 0.360 e. The summed E-state index contributed by atoms with van der Waals surface area (Å²) in [4.78, 5) is 12.2. The molecule has 0 fully saturated rings. The standard InChI is InChI=1S/C14H14N6O2S/c1-9-8-12(17-22-9)15-13(21)10(2)23-14-16-18-19-20(14)11-6-4-3-5-7-11/h3-8,10H,1-2H3,(H,15,17,21)/t10-/m0/s1. The summed E-state index contributed by atoms with van der Waals surface area (Å²) < 4.78 is 6.51. The van der Waals surface area contributed by atoms with Crippen LogP contribution in [0.15, 0.2) is 46.1 Å². The Bertz CT molecular complexity index is 800. The molecule has 0 bridgehead atoms. The van der Waals surface area contributed by atoms with Gasteiger partial charge in [-0.3, -0.25) is 4.79 Å². The average molecular weight is 330 g/mol.